The highest BCUT2D eigenvalue weighted by Gasteiger charge is 2.37. The Hall–Kier alpha value is -1.18. The molecule has 1 aliphatic rings. The Morgan fingerprint density at radius 3 is 2.30 bits per heavy atom. The van der Waals surface area contributed by atoms with Gasteiger partial charge in [-0.05, 0) is 75.7 Å². The number of nitrogens with zero attached hydrogens (tertiary/aromatic N) is 2. The van der Waals surface area contributed by atoms with Crippen molar-refractivity contribution in [2.24, 2.45) is 5.41 Å². The van der Waals surface area contributed by atoms with Crippen LogP contribution in [0.15, 0.2) is 4.47 Å². The Balaban J connectivity index is 2.66. The van der Waals surface area contributed by atoms with Crippen molar-refractivity contribution in [2.75, 3.05) is 18.0 Å². The van der Waals surface area contributed by atoms with Crippen LogP contribution in [0, 0.1) is 12.3 Å². The van der Waals surface area contributed by atoms with Crippen LogP contribution in [-0.4, -0.2) is 40.9 Å². The number of aryl methyl sites for hydroxylation is 1. The normalized spacial score (nSPS) is 17.9. The van der Waals surface area contributed by atoms with Gasteiger partial charge in [0.1, 0.15) is 0 Å². The minimum atomic E-state index is -0.983. The fraction of sp³-hybridized carbons (Fsp3) is 0.739. The Kier molecular flexibility index (Phi) is 7.97. The van der Waals surface area contributed by atoms with Crippen molar-refractivity contribution in [3.63, 3.8) is 0 Å². The molecule has 1 aromatic rings. The molecule has 1 unspecified atom stereocenters. The zero-order chi connectivity index (χ0) is 22.9. The van der Waals surface area contributed by atoms with Gasteiger partial charge in [0.25, 0.3) is 0 Å². The van der Waals surface area contributed by atoms with Crippen LogP contribution in [0.5, 0.6) is 0 Å². The molecule has 0 amide bonds. The first kappa shape index (κ1) is 25.1. The molecule has 2 rings (SSSR count). The van der Waals surface area contributed by atoms with E-state index < -0.39 is 17.7 Å². The van der Waals surface area contributed by atoms with Gasteiger partial charge in [0, 0.05) is 18.7 Å². The first-order chi connectivity index (χ1) is 13.8. The number of halogens is 1. The zero-order valence-corrected chi connectivity index (χ0v) is 21.2. The molecule has 30 heavy (non-hydrogen) atoms. The molecule has 0 saturated carbocycles. The number of esters is 1. The molecule has 1 fully saturated rings. The Bertz CT molecular complexity index is 761. The molecule has 0 spiro atoms. The highest BCUT2D eigenvalue weighted by Crippen LogP contribution is 2.43. The second-order valence-corrected chi connectivity index (χ2v) is 10.9. The van der Waals surface area contributed by atoms with Crippen LogP contribution in [0.2, 0.25) is 0 Å². The van der Waals surface area contributed by atoms with Gasteiger partial charge in [-0.25, -0.2) is 4.79 Å². The predicted molar refractivity (Wildman–Crippen MR) is 123 cm³/mol. The molecule has 1 N–H and O–H groups in total. The largest absolute Gasteiger partial charge is 0.461 e. The summed E-state index contributed by atoms with van der Waals surface area (Å²) >= 11 is 3.71. The molecular weight excluding hydrogens is 448 g/mol. The minimum absolute atomic E-state index is 0.276. The molecule has 0 radical (unpaired) electrons. The van der Waals surface area contributed by atoms with Gasteiger partial charge in [-0.3, -0.25) is 4.98 Å². The lowest BCUT2D eigenvalue weighted by Crippen LogP contribution is -2.39. The van der Waals surface area contributed by atoms with E-state index in [4.69, 9.17) is 9.47 Å². The molecule has 0 aliphatic carbocycles. The van der Waals surface area contributed by atoms with Crippen LogP contribution < -0.4 is 4.90 Å². The van der Waals surface area contributed by atoms with Crippen molar-refractivity contribution < 1.29 is 19.4 Å². The lowest BCUT2D eigenvalue weighted by molar-refractivity contribution is -0.171. The molecular formula is C23H37BrN2O4. The Morgan fingerprint density at radius 2 is 1.83 bits per heavy atom. The molecule has 0 aromatic carbocycles. The fourth-order valence-electron chi connectivity index (χ4n) is 3.65. The van der Waals surface area contributed by atoms with Crippen molar-refractivity contribution >= 4 is 27.6 Å². The molecule has 1 aliphatic heterocycles. The monoisotopic (exact) mass is 484 g/mol. The number of aliphatic hydroxyl groups is 1. The molecule has 6 nitrogen and oxygen atoms in total. The Labute approximate surface area is 189 Å². The number of pyridine rings is 1. The SMILES string of the molecule is Cc1nc(CO)c(C(OC(C)(C)C)C(=O)OC(C)C)c(N2CCC(C)(C)CC2)c1Br. The third kappa shape index (κ3) is 6.17. The highest BCUT2D eigenvalue weighted by atomic mass is 79.9. The van der Waals surface area contributed by atoms with E-state index in [2.05, 4.69) is 39.7 Å². The molecule has 1 atom stereocenters. The summed E-state index contributed by atoms with van der Waals surface area (Å²) in [5.74, 6) is -0.467. The first-order valence-electron chi connectivity index (χ1n) is 10.7. The zero-order valence-electron chi connectivity index (χ0n) is 19.6. The van der Waals surface area contributed by atoms with Crippen LogP contribution in [0.25, 0.3) is 0 Å². The number of carbonyl (C=O) groups excluding carboxylic acids is 1. The van der Waals surface area contributed by atoms with Gasteiger partial charge in [0.2, 0.25) is 0 Å². The van der Waals surface area contributed by atoms with Crippen LogP contribution in [0.1, 0.15) is 84.4 Å². The number of hydrogen-bond donors (Lipinski definition) is 1. The van der Waals surface area contributed by atoms with E-state index in [1.807, 2.05) is 41.5 Å². The number of aliphatic hydroxyl groups excluding tert-OH is 1. The van der Waals surface area contributed by atoms with Crippen molar-refractivity contribution in [1.29, 1.82) is 0 Å². The van der Waals surface area contributed by atoms with Crippen LogP contribution in [0.4, 0.5) is 5.69 Å². The lowest BCUT2D eigenvalue weighted by Gasteiger charge is -2.40. The van der Waals surface area contributed by atoms with Gasteiger partial charge in [-0.15, -0.1) is 0 Å². The second kappa shape index (κ2) is 9.53. The number of hydrogen-bond acceptors (Lipinski definition) is 6. The summed E-state index contributed by atoms with van der Waals surface area (Å²) in [5.41, 5.74) is 2.38. The average molecular weight is 485 g/mol. The highest BCUT2D eigenvalue weighted by molar-refractivity contribution is 9.10. The Morgan fingerprint density at radius 1 is 1.27 bits per heavy atom. The summed E-state index contributed by atoms with van der Waals surface area (Å²) in [6.07, 6.45) is 0.817. The molecule has 1 saturated heterocycles. The van der Waals surface area contributed by atoms with Gasteiger partial charge in [-0.2, -0.15) is 0 Å². The van der Waals surface area contributed by atoms with Crippen molar-refractivity contribution in [3.05, 3.63) is 21.4 Å². The van der Waals surface area contributed by atoms with Gasteiger partial charge in [0.15, 0.2) is 6.10 Å². The molecule has 0 bridgehead atoms. The third-order valence-corrected chi connectivity index (χ3v) is 6.23. The van der Waals surface area contributed by atoms with E-state index in [0.29, 0.717) is 11.3 Å². The molecule has 170 valence electrons. The lowest BCUT2D eigenvalue weighted by atomic mass is 9.82. The van der Waals surface area contributed by atoms with E-state index >= 15 is 0 Å². The van der Waals surface area contributed by atoms with E-state index in [1.165, 1.54) is 0 Å². The number of ether oxygens (including phenoxy) is 2. The molecule has 7 heteroatoms. The topological polar surface area (TPSA) is 71.9 Å². The summed E-state index contributed by atoms with van der Waals surface area (Å²) in [5, 5.41) is 10.1. The van der Waals surface area contributed by atoms with Gasteiger partial charge in [-0.1, -0.05) is 13.8 Å². The maximum atomic E-state index is 13.1. The first-order valence-corrected chi connectivity index (χ1v) is 11.5. The van der Waals surface area contributed by atoms with E-state index in [0.717, 1.165) is 41.8 Å². The minimum Gasteiger partial charge on any atom is -0.461 e. The van der Waals surface area contributed by atoms with Gasteiger partial charge >= 0.3 is 5.97 Å². The van der Waals surface area contributed by atoms with E-state index in [1.54, 1.807) is 0 Å². The number of carbonyl (C=O) groups is 1. The summed E-state index contributed by atoms with van der Waals surface area (Å²) in [6.45, 7) is 17.2. The second-order valence-electron chi connectivity index (χ2n) is 10.1. The quantitative estimate of drug-likeness (QED) is 0.567. The standard InChI is InChI=1S/C23H37BrN2O4/c1-14(2)29-21(28)20(30-22(4,5)6)17-16(13-27)25-15(3)18(24)19(17)26-11-9-23(7,8)10-12-26/h14,20,27H,9-13H2,1-8H3. The van der Waals surface area contributed by atoms with Crippen molar-refractivity contribution in [2.45, 2.75) is 92.6 Å². The van der Waals surface area contributed by atoms with Crippen LogP contribution in [0.3, 0.4) is 0 Å². The number of rotatable bonds is 6. The predicted octanol–water partition coefficient (Wildman–Crippen LogP) is 5.08. The fourth-order valence-corrected chi connectivity index (χ4v) is 4.20. The van der Waals surface area contributed by atoms with Gasteiger partial charge in [0.05, 0.1) is 39.9 Å². The van der Waals surface area contributed by atoms with E-state index in [9.17, 15) is 9.90 Å². The average Bonchev–Trinajstić information content (AvgIpc) is 2.60. The van der Waals surface area contributed by atoms with Crippen molar-refractivity contribution in [3.8, 4) is 0 Å². The molecule has 2 heterocycles. The van der Waals surface area contributed by atoms with Crippen molar-refractivity contribution in [1.82, 2.24) is 4.98 Å². The maximum absolute atomic E-state index is 13.1. The maximum Gasteiger partial charge on any atom is 0.340 e. The number of anilines is 1. The summed E-state index contributed by atoms with van der Waals surface area (Å²) < 4.78 is 12.6. The number of aromatic nitrogens is 1. The summed E-state index contributed by atoms with van der Waals surface area (Å²) in [7, 11) is 0. The van der Waals surface area contributed by atoms with Crippen LogP contribution in [-0.2, 0) is 20.9 Å². The third-order valence-electron chi connectivity index (χ3n) is 5.28. The molecule has 1 aromatic heterocycles. The summed E-state index contributed by atoms with van der Waals surface area (Å²) in [6, 6.07) is 0. The summed E-state index contributed by atoms with van der Waals surface area (Å²) in [4.78, 5) is 20.0. The van der Waals surface area contributed by atoms with E-state index in [-0.39, 0.29) is 18.1 Å². The van der Waals surface area contributed by atoms with Crippen LogP contribution >= 0.6 is 15.9 Å². The number of piperidine rings is 1. The van der Waals surface area contributed by atoms with Gasteiger partial charge < -0.3 is 19.5 Å². The smallest absolute Gasteiger partial charge is 0.340 e.